The average Bonchev–Trinajstić information content (AvgIpc) is 2.99. The molecule has 1 fully saturated rings. The van der Waals surface area contributed by atoms with Gasteiger partial charge in [0, 0.05) is 0 Å². The Morgan fingerprint density at radius 3 is 2.62 bits per heavy atom. The molecule has 6 heteroatoms. The van der Waals surface area contributed by atoms with E-state index in [-0.39, 0.29) is 0 Å². The van der Waals surface area contributed by atoms with Crippen LogP contribution in [0.1, 0.15) is 23.2 Å². The number of hydrogen-bond donors (Lipinski definition) is 0. The van der Waals surface area contributed by atoms with Crippen LogP contribution in [0.15, 0.2) is 30.3 Å². The summed E-state index contributed by atoms with van der Waals surface area (Å²) in [5.74, 6) is 0.952. The molecule has 0 N–H and O–H groups in total. The molecule has 1 saturated heterocycles. The van der Waals surface area contributed by atoms with Gasteiger partial charge in [-0.2, -0.15) is 4.98 Å². The quantitative estimate of drug-likeness (QED) is 0.813. The summed E-state index contributed by atoms with van der Waals surface area (Å²) in [5.41, 5.74) is 1.60. The van der Waals surface area contributed by atoms with E-state index in [1.165, 1.54) is 0 Å². The van der Waals surface area contributed by atoms with Crippen molar-refractivity contribution in [2.75, 3.05) is 13.2 Å². The summed E-state index contributed by atoms with van der Waals surface area (Å²) >= 11 is 6.21. The first-order valence-electron chi connectivity index (χ1n) is 6.68. The minimum Gasteiger partial charge on any atom is -0.472 e. The first-order chi connectivity index (χ1) is 10.2. The van der Waals surface area contributed by atoms with Gasteiger partial charge in [0.05, 0.1) is 13.2 Å². The van der Waals surface area contributed by atoms with E-state index < -0.39 is 6.29 Å². The van der Waals surface area contributed by atoms with E-state index in [9.17, 15) is 0 Å². The van der Waals surface area contributed by atoms with Crippen LogP contribution in [-0.4, -0.2) is 23.2 Å². The molecule has 3 rings (SSSR count). The number of halogens is 1. The summed E-state index contributed by atoms with van der Waals surface area (Å²) in [7, 11) is 0. The van der Waals surface area contributed by atoms with Crippen LogP contribution in [0.4, 0.5) is 0 Å². The predicted molar refractivity (Wildman–Crippen MR) is 77.2 cm³/mol. The fourth-order valence-electron chi connectivity index (χ4n) is 2.08. The highest BCUT2D eigenvalue weighted by Gasteiger charge is 2.27. The Morgan fingerprint density at radius 2 is 1.90 bits per heavy atom. The lowest BCUT2D eigenvalue weighted by Crippen LogP contribution is -2.09. The highest BCUT2D eigenvalue weighted by Crippen LogP contribution is 2.35. The molecule has 1 aromatic heterocycles. The molecule has 0 radical (unpaired) electrons. The lowest BCUT2D eigenvalue weighted by molar-refractivity contribution is -0.0465. The molecular weight excluding hydrogens is 292 g/mol. The Kier molecular flexibility index (Phi) is 4.34. The lowest BCUT2D eigenvalue weighted by atomic mass is 10.2. The molecule has 21 heavy (non-hydrogen) atoms. The number of ether oxygens (including phenoxy) is 3. The number of aryl methyl sites for hydroxylation is 1. The summed E-state index contributed by atoms with van der Waals surface area (Å²) in [6.07, 6.45) is -0.566. The highest BCUT2D eigenvalue weighted by atomic mass is 35.5. The third kappa shape index (κ3) is 3.32. The molecule has 0 saturated carbocycles. The normalized spacial score (nSPS) is 15.3. The molecule has 0 aliphatic carbocycles. The number of hydrogen-bond acceptors (Lipinski definition) is 5. The van der Waals surface area contributed by atoms with E-state index in [4.69, 9.17) is 25.8 Å². The Hall–Kier alpha value is -1.69. The summed E-state index contributed by atoms with van der Waals surface area (Å²) in [6, 6.07) is 9.85. The van der Waals surface area contributed by atoms with Crippen LogP contribution >= 0.6 is 11.6 Å². The van der Waals surface area contributed by atoms with E-state index in [0.29, 0.717) is 42.2 Å². The Balaban J connectivity index is 1.85. The van der Waals surface area contributed by atoms with Gasteiger partial charge in [-0.1, -0.05) is 41.9 Å². The maximum Gasteiger partial charge on any atom is 0.227 e. The molecule has 0 unspecified atom stereocenters. The Bertz CT molecular complexity index is 616. The van der Waals surface area contributed by atoms with Crippen molar-refractivity contribution in [1.82, 2.24) is 9.97 Å². The monoisotopic (exact) mass is 306 g/mol. The smallest absolute Gasteiger partial charge is 0.227 e. The van der Waals surface area contributed by atoms with Gasteiger partial charge in [0.15, 0.2) is 6.29 Å². The summed E-state index contributed by atoms with van der Waals surface area (Å²) < 4.78 is 16.8. The van der Waals surface area contributed by atoms with Crippen LogP contribution in [0.3, 0.4) is 0 Å². The SMILES string of the molecule is Cc1nc(Cl)c(C2OCCO2)c(OCc2ccccc2)n1. The van der Waals surface area contributed by atoms with Crippen LogP contribution in [0.25, 0.3) is 0 Å². The van der Waals surface area contributed by atoms with Gasteiger partial charge in [0.1, 0.15) is 23.1 Å². The van der Waals surface area contributed by atoms with Crippen LogP contribution in [0, 0.1) is 6.92 Å². The molecule has 110 valence electrons. The zero-order valence-corrected chi connectivity index (χ0v) is 12.3. The Labute approximate surface area is 127 Å². The predicted octanol–water partition coefficient (Wildman–Crippen LogP) is 3.06. The molecule has 0 amide bonds. The molecule has 1 aliphatic heterocycles. The van der Waals surface area contributed by atoms with Crippen molar-refractivity contribution in [3.05, 3.63) is 52.4 Å². The number of aromatic nitrogens is 2. The van der Waals surface area contributed by atoms with Crippen molar-refractivity contribution >= 4 is 11.6 Å². The van der Waals surface area contributed by atoms with Gasteiger partial charge in [-0.15, -0.1) is 0 Å². The average molecular weight is 307 g/mol. The number of benzene rings is 1. The highest BCUT2D eigenvalue weighted by molar-refractivity contribution is 6.30. The summed E-state index contributed by atoms with van der Waals surface area (Å²) in [5, 5.41) is 0.303. The van der Waals surface area contributed by atoms with E-state index in [0.717, 1.165) is 5.56 Å². The van der Waals surface area contributed by atoms with Crippen molar-refractivity contribution in [2.45, 2.75) is 19.8 Å². The molecular formula is C15H15ClN2O3. The zero-order valence-electron chi connectivity index (χ0n) is 11.6. The molecule has 5 nitrogen and oxygen atoms in total. The van der Waals surface area contributed by atoms with Gasteiger partial charge in [-0.05, 0) is 12.5 Å². The van der Waals surface area contributed by atoms with Gasteiger partial charge < -0.3 is 14.2 Å². The largest absolute Gasteiger partial charge is 0.472 e. The van der Waals surface area contributed by atoms with Crippen molar-refractivity contribution in [2.24, 2.45) is 0 Å². The fraction of sp³-hybridized carbons (Fsp3) is 0.333. The minimum absolute atomic E-state index is 0.303. The van der Waals surface area contributed by atoms with Crippen LogP contribution in [0.5, 0.6) is 5.88 Å². The first kappa shape index (κ1) is 14.3. The van der Waals surface area contributed by atoms with E-state index in [1.54, 1.807) is 6.92 Å². The fourth-order valence-corrected chi connectivity index (χ4v) is 2.37. The molecule has 0 bridgehead atoms. The van der Waals surface area contributed by atoms with Gasteiger partial charge in [-0.25, -0.2) is 4.98 Å². The van der Waals surface area contributed by atoms with Crippen LogP contribution < -0.4 is 4.74 Å². The number of rotatable bonds is 4. The molecule has 2 heterocycles. The van der Waals surface area contributed by atoms with Crippen molar-refractivity contribution in [3.8, 4) is 5.88 Å². The van der Waals surface area contributed by atoms with Crippen LogP contribution in [0.2, 0.25) is 5.15 Å². The maximum atomic E-state index is 6.21. The maximum absolute atomic E-state index is 6.21. The minimum atomic E-state index is -0.566. The third-order valence-electron chi connectivity index (χ3n) is 3.05. The second kappa shape index (κ2) is 6.39. The lowest BCUT2D eigenvalue weighted by Gasteiger charge is -2.16. The standard InChI is InChI=1S/C15H15ClN2O3/c1-10-17-13(16)12(15-19-7-8-20-15)14(18-10)21-9-11-5-3-2-4-6-11/h2-6,15H,7-9H2,1H3. The van der Waals surface area contributed by atoms with Crippen molar-refractivity contribution in [1.29, 1.82) is 0 Å². The number of nitrogens with zero attached hydrogens (tertiary/aromatic N) is 2. The van der Waals surface area contributed by atoms with Gasteiger partial charge >= 0.3 is 0 Å². The third-order valence-corrected chi connectivity index (χ3v) is 3.34. The van der Waals surface area contributed by atoms with Crippen molar-refractivity contribution in [3.63, 3.8) is 0 Å². The Morgan fingerprint density at radius 1 is 1.19 bits per heavy atom. The van der Waals surface area contributed by atoms with E-state index in [2.05, 4.69) is 9.97 Å². The molecule has 0 spiro atoms. The zero-order chi connectivity index (χ0) is 14.7. The molecule has 1 aromatic carbocycles. The molecule has 0 atom stereocenters. The van der Waals surface area contributed by atoms with E-state index in [1.807, 2.05) is 30.3 Å². The van der Waals surface area contributed by atoms with Gasteiger partial charge in [0.2, 0.25) is 5.88 Å². The van der Waals surface area contributed by atoms with E-state index >= 15 is 0 Å². The molecule has 1 aliphatic rings. The van der Waals surface area contributed by atoms with Crippen LogP contribution in [-0.2, 0) is 16.1 Å². The topological polar surface area (TPSA) is 53.5 Å². The second-order valence-electron chi connectivity index (χ2n) is 4.63. The summed E-state index contributed by atoms with van der Waals surface area (Å²) in [4.78, 5) is 8.46. The van der Waals surface area contributed by atoms with Gasteiger partial charge in [0.25, 0.3) is 0 Å². The van der Waals surface area contributed by atoms with Gasteiger partial charge in [-0.3, -0.25) is 0 Å². The molecule has 2 aromatic rings. The first-order valence-corrected chi connectivity index (χ1v) is 7.06. The van der Waals surface area contributed by atoms with Crippen molar-refractivity contribution < 1.29 is 14.2 Å². The second-order valence-corrected chi connectivity index (χ2v) is 4.99. The summed E-state index contributed by atoms with van der Waals surface area (Å²) in [6.45, 7) is 3.20.